The first-order valence-corrected chi connectivity index (χ1v) is 7.73. The van der Waals surface area contributed by atoms with Crippen molar-refractivity contribution in [3.05, 3.63) is 0 Å². The van der Waals surface area contributed by atoms with Gasteiger partial charge in [0.2, 0.25) is 0 Å². The lowest BCUT2D eigenvalue weighted by atomic mass is 10.2. The standard InChI is InChI=1S/C11H21NO4S/c1-3-6-12-9-4-5-10(7-9)17(14,15)8-11(13)16-2/h9-10,12H,3-8H2,1-2H3. The molecule has 0 aliphatic heterocycles. The highest BCUT2D eigenvalue weighted by Crippen LogP contribution is 2.26. The Morgan fingerprint density at radius 1 is 1.41 bits per heavy atom. The molecule has 1 rings (SSSR count). The van der Waals surface area contributed by atoms with Gasteiger partial charge in [0.15, 0.2) is 9.84 Å². The van der Waals surface area contributed by atoms with Gasteiger partial charge in [-0.3, -0.25) is 4.79 Å². The Balaban J connectivity index is 2.49. The molecule has 1 fully saturated rings. The minimum absolute atomic E-state index is 0.271. The van der Waals surface area contributed by atoms with E-state index in [4.69, 9.17) is 0 Å². The first-order valence-electron chi connectivity index (χ1n) is 6.01. The third kappa shape index (κ3) is 4.27. The summed E-state index contributed by atoms with van der Waals surface area (Å²) in [6.07, 6.45) is 3.15. The van der Waals surface area contributed by atoms with E-state index in [1.165, 1.54) is 7.11 Å². The second-order valence-electron chi connectivity index (χ2n) is 4.47. The van der Waals surface area contributed by atoms with Crippen molar-refractivity contribution in [2.45, 2.75) is 43.9 Å². The average molecular weight is 263 g/mol. The van der Waals surface area contributed by atoms with Crippen molar-refractivity contribution >= 4 is 15.8 Å². The van der Waals surface area contributed by atoms with Crippen LogP contribution in [0.3, 0.4) is 0 Å². The fraction of sp³-hybridized carbons (Fsp3) is 0.909. The number of nitrogens with one attached hydrogen (secondary N) is 1. The summed E-state index contributed by atoms with van der Waals surface area (Å²) in [4.78, 5) is 11.0. The van der Waals surface area contributed by atoms with Crippen LogP contribution in [0.15, 0.2) is 0 Å². The van der Waals surface area contributed by atoms with E-state index in [2.05, 4.69) is 17.0 Å². The number of carbonyl (C=O) groups is 1. The van der Waals surface area contributed by atoms with Gasteiger partial charge in [0.25, 0.3) is 0 Å². The molecule has 0 saturated heterocycles. The molecule has 17 heavy (non-hydrogen) atoms. The fourth-order valence-corrected chi connectivity index (χ4v) is 3.84. The quantitative estimate of drug-likeness (QED) is 0.706. The summed E-state index contributed by atoms with van der Waals surface area (Å²) in [6, 6.07) is 0.271. The van der Waals surface area contributed by atoms with E-state index < -0.39 is 26.8 Å². The normalized spacial score (nSPS) is 24.8. The molecule has 1 aliphatic carbocycles. The van der Waals surface area contributed by atoms with Gasteiger partial charge >= 0.3 is 5.97 Å². The Bertz CT molecular complexity index is 352. The highest BCUT2D eigenvalue weighted by Gasteiger charge is 2.35. The fourth-order valence-electron chi connectivity index (χ4n) is 2.14. The van der Waals surface area contributed by atoms with Crippen molar-refractivity contribution in [2.75, 3.05) is 19.4 Å². The van der Waals surface area contributed by atoms with Gasteiger partial charge in [-0.15, -0.1) is 0 Å². The van der Waals surface area contributed by atoms with Crippen molar-refractivity contribution in [3.8, 4) is 0 Å². The summed E-state index contributed by atoms with van der Waals surface area (Å²) < 4.78 is 28.2. The Morgan fingerprint density at radius 3 is 2.71 bits per heavy atom. The predicted octanol–water partition coefficient (Wildman–Crippen LogP) is 0.495. The maximum atomic E-state index is 11.9. The highest BCUT2D eigenvalue weighted by molar-refractivity contribution is 7.92. The van der Waals surface area contributed by atoms with Crippen LogP contribution in [0.1, 0.15) is 32.6 Å². The zero-order valence-corrected chi connectivity index (χ0v) is 11.3. The second kappa shape index (κ2) is 6.35. The summed E-state index contributed by atoms with van der Waals surface area (Å²) in [5.41, 5.74) is 0. The predicted molar refractivity (Wildman–Crippen MR) is 65.5 cm³/mol. The maximum absolute atomic E-state index is 11.9. The van der Waals surface area contributed by atoms with E-state index in [-0.39, 0.29) is 6.04 Å². The van der Waals surface area contributed by atoms with Crippen molar-refractivity contribution in [1.82, 2.24) is 5.32 Å². The molecule has 1 N–H and O–H groups in total. The SMILES string of the molecule is CCCNC1CCC(S(=O)(=O)CC(=O)OC)C1. The molecular formula is C11H21NO4S. The topological polar surface area (TPSA) is 72.5 Å². The third-order valence-electron chi connectivity index (χ3n) is 3.12. The van der Waals surface area contributed by atoms with E-state index in [1.807, 2.05) is 0 Å². The number of carbonyl (C=O) groups excluding carboxylic acids is 1. The molecule has 1 saturated carbocycles. The average Bonchev–Trinajstić information content (AvgIpc) is 2.75. The molecule has 0 aromatic rings. The second-order valence-corrected chi connectivity index (χ2v) is 6.75. The third-order valence-corrected chi connectivity index (χ3v) is 5.20. The van der Waals surface area contributed by atoms with Crippen LogP contribution in [0.2, 0.25) is 0 Å². The van der Waals surface area contributed by atoms with E-state index >= 15 is 0 Å². The van der Waals surface area contributed by atoms with Gasteiger partial charge in [-0.1, -0.05) is 6.92 Å². The van der Waals surface area contributed by atoms with Gasteiger partial charge in [0.05, 0.1) is 12.4 Å². The minimum atomic E-state index is -3.34. The van der Waals surface area contributed by atoms with Crippen LogP contribution in [0, 0.1) is 0 Å². The molecule has 0 amide bonds. The van der Waals surface area contributed by atoms with Crippen molar-refractivity contribution < 1.29 is 17.9 Å². The van der Waals surface area contributed by atoms with Crippen LogP contribution in [-0.4, -0.2) is 45.1 Å². The zero-order valence-electron chi connectivity index (χ0n) is 10.4. The molecule has 1 aliphatic rings. The van der Waals surface area contributed by atoms with Crippen LogP contribution in [0.4, 0.5) is 0 Å². The molecule has 0 spiro atoms. The number of rotatable bonds is 6. The molecule has 2 unspecified atom stereocenters. The van der Waals surface area contributed by atoms with Gasteiger partial charge < -0.3 is 10.1 Å². The molecule has 0 aromatic heterocycles. The minimum Gasteiger partial charge on any atom is -0.468 e. The van der Waals surface area contributed by atoms with Crippen molar-refractivity contribution in [2.24, 2.45) is 0 Å². The van der Waals surface area contributed by atoms with Crippen LogP contribution < -0.4 is 5.32 Å². The smallest absolute Gasteiger partial charge is 0.320 e. The van der Waals surface area contributed by atoms with Crippen molar-refractivity contribution in [1.29, 1.82) is 0 Å². The molecular weight excluding hydrogens is 242 g/mol. The number of hydrogen-bond donors (Lipinski definition) is 1. The van der Waals surface area contributed by atoms with Gasteiger partial charge in [0.1, 0.15) is 5.75 Å². The van der Waals surface area contributed by atoms with Crippen LogP contribution >= 0.6 is 0 Å². The number of hydrogen-bond acceptors (Lipinski definition) is 5. The van der Waals surface area contributed by atoms with E-state index in [0.29, 0.717) is 12.8 Å². The Morgan fingerprint density at radius 2 is 2.12 bits per heavy atom. The van der Waals surface area contributed by atoms with Crippen LogP contribution in [-0.2, 0) is 19.4 Å². The summed E-state index contributed by atoms with van der Waals surface area (Å²) in [6.45, 7) is 2.99. The maximum Gasteiger partial charge on any atom is 0.320 e. The Labute approximate surface area is 103 Å². The lowest BCUT2D eigenvalue weighted by Crippen LogP contribution is -2.31. The molecule has 0 bridgehead atoms. The lowest BCUT2D eigenvalue weighted by Gasteiger charge is -2.12. The number of methoxy groups -OCH3 is 1. The van der Waals surface area contributed by atoms with Gasteiger partial charge in [-0.25, -0.2) is 8.42 Å². The summed E-state index contributed by atoms with van der Waals surface area (Å²) in [7, 11) is -2.14. The molecule has 2 atom stereocenters. The van der Waals surface area contributed by atoms with Gasteiger partial charge in [0, 0.05) is 6.04 Å². The van der Waals surface area contributed by atoms with Gasteiger partial charge in [-0.2, -0.15) is 0 Å². The first kappa shape index (κ1) is 14.4. The molecule has 6 heteroatoms. The number of ether oxygens (including phenoxy) is 1. The zero-order chi connectivity index (χ0) is 12.9. The molecule has 5 nitrogen and oxygen atoms in total. The monoisotopic (exact) mass is 263 g/mol. The van der Waals surface area contributed by atoms with Crippen LogP contribution in [0.5, 0.6) is 0 Å². The van der Waals surface area contributed by atoms with E-state index in [9.17, 15) is 13.2 Å². The summed E-state index contributed by atoms with van der Waals surface area (Å²) in [5, 5.41) is 2.93. The molecule has 0 heterocycles. The molecule has 100 valence electrons. The highest BCUT2D eigenvalue weighted by atomic mass is 32.2. The largest absolute Gasteiger partial charge is 0.468 e. The number of sulfone groups is 1. The Kier molecular flexibility index (Phi) is 5.39. The number of esters is 1. The first-order chi connectivity index (χ1) is 7.99. The molecule has 0 radical (unpaired) electrons. The molecule has 0 aromatic carbocycles. The summed E-state index contributed by atoms with van der Waals surface area (Å²) >= 11 is 0. The van der Waals surface area contributed by atoms with E-state index in [0.717, 1.165) is 19.4 Å². The Hall–Kier alpha value is -0.620. The van der Waals surface area contributed by atoms with Gasteiger partial charge in [-0.05, 0) is 32.2 Å². The summed E-state index contributed by atoms with van der Waals surface area (Å²) in [5.74, 6) is -1.16. The van der Waals surface area contributed by atoms with Crippen LogP contribution in [0.25, 0.3) is 0 Å². The van der Waals surface area contributed by atoms with E-state index in [1.54, 1.807) is 0 Å². The lowest BCUT2D eigenvalue weighted by molar-refractivity contribution is -0.137. The van der Waals surface area contributed by atoms with Crippen molar-refractivity contribution in [3.63, 3.8) is 0 Å².